The molecule has 4 heteroatoms. The van der Waals surface area contributed by atoms with Gasteiger partial charge in [-0.15, -0.1) is 0 Å². The Labute approximate surface area is 125 Å². The van der Waals surface area contributed by atoms with Crippen molar-refractivity contribution in [2.75, 3.05) is 13.2 Å². The van der Waals surface area contributed by atoms with Crippen LogP contribution in [-0.4, -0.2) is 25.3 Å². The molecule has 20 heavy (non-hydrogen) atoms. The van der Waals surface area contributed by atoms with Gasteiger partial charge in [0, 0.05) is 23.2 Å². The molecule has 0 amide bonds. The molecule has 2 unspecified atom stereocenters. The highest BCUT2D eigenvalue weighted by Gasteiger charge is 2.37. The molecule has 0 spiro atoms. The van der Waals surface area contributed by atoms with Gasteiger partial charge in [-0.1, -0.05) is 24.6 Å². The molecule has 0 aliphatic heterocycles. The van der Waals surface area contributed by atoms with Crippen molar-refractivity contribution in [3.05, 3.63) is 34.6 Å². The maximum atomic E-state index is 14.0. The third-order valence-corrected chi connectivity index (χ3v) is 4.15. The van der Waals surface area contributed by atoms with Crippen molar-refractivity contribution in [1.82, 2.24) is 5.32 Å². The zero-order valence-electron chi connectivity index (χ0n) is 12.2. The van der Waals surface area contributed by atoms with Crippen LogP contribution in [0.25, 0.3) is 0 Å². The summed E-state index contributed by atoms with van der Waals surface area (Å²) in [7, 11) is 0. The molecule has 1 saturated carbocycles. The lowest BCUT2D eigenvalue weighted by molar-refractivity contribution is 0.0194. The van der Waals surface area contributed by atoms with Crippen molar-refractivity contribution in [2.45, 2.75) is 45.3 Å². The molecule has 1 fully saturated rings. The van der Waals surface area contributed by atoms with Crippen molar-refractivity contribution in [3.8, 4) is 0 Å². The molecule has 1 aromatic carbocycles. The van der Waals surface area contributed by atoms with Crippen molar-refractivity contribution >= 4 is 11.6 Å². The Kier molecular flexibility index (Phi) is 5.82. The van der Waals surface area contributed by atoms with E-state index < -0.39 is 0 Å². The molecule has 0 aromatic heterocycles. The van der Waals surface area contributed by atoms with E-state index in [-0.39, 0.29) is 18.0 Å². The van der Waals surface area contributed by atoms with Gasteiger partial charge in [-0.25, -0.2) is 4.39 Å². The Hall–Kier alpha value is -0.640. The summed E-state index contributed by atoms with van der Waals surface area (Å²) in [5, 5.41) is 3.94. The minimum atomic E-state index is -0.230. The van der Waals surface area contributed by atoms with E-state index in [1.807, 2.05) is 6.92 Å². The maximum absolute atomic E-state index is 14.0. The van der Waals surface area contributed by atoms with E-state index in [1.165, 1.54) is 18.9 Å². The van der Waals surface area contributed by atoms with Gasteiger partial charge in [0.05, 0.1) is 6.10 Å². The highest BCUT2D eigenvalue weighted by Crippen LogP contribution is 2.37. The second kappa shape index (κ2) is 7.39. The number of halogens is 2. The van der Waals surface area contributed by atoms with Crippen molar-refractivity contribution in [3.63, 3.8) is 0 Å². The lowest BCUT2D eigenvalue weighted by Gasteiger charge is -2.28. The van der Waals surface area contributed by atoms with Gasteiger partial charge < -0.3 is 10.1 Å². The Balaban J connectivity index is 2.15. The Morgan fingerprint density at radius 1 is 1.40 bits per heavy atom. The van der Waals surface area contributed by atoms with E-state index in [4.69, 9.17) is 16.3 Å². The molecule has 1 aliphatic carbocycles. The van der Waals surface area contributed by atoms with E-state index in [0.717, 1.165) is 6.54 Å². The average molecular weight is 300 g/mol. The average Bonchev–Trinajstić information content (AvgIpc) is 3.24. The molecule has 1 aromatic rings. The van der Waals surface area contributed by atoms with Crippen LogP contribution >= 0.6 is 11.6 Å². The summed E-state index contributed by atoms with van der Waals surface area (Å²) in [6, 6.07) is 4.97. The van der Waals surface area contributed by atoms with Gasteiger partial charge in [-0.05, 0) is 50.8 Å². The lowest BCUT2D eigenvalue weighted by atomic mass is 9.97. The van der Waals surface area contributed by atoms with E-state index in [0.29, 0.717) is 29.5 Å². The fraction of sp³-hybridized carbons (Fsp3) is 0.625. The van der Waals surface area contributed by atoms with Crippen LogP contribution < -0.4 is 5.32 Å². The molecular formula is C16H23ClFNO. The Morgan fingerprint density at radius 2 is 2.15 bits per heavy atom. The summed E-state index contributed by atoms with van der Waals surface area (Å²) in [6.45, 7) is 5.60. The molecule has 2 nitrogen and oxygen atoms in total. The molecule has 2 atom stereocenters. The molecule has 0 bridgehead atoms. The normalized spacial score (nSPS) is 18.0. The van der Waals surface area contributed by atoms with E-state index in [1.54, 1.807) is 12.1 Å². The first kappa shape index (κ1) is 15.7. The fourth-order valence-corrected chi connectivity index (χ4v) is 2.95. The van der Waals surface area contributed by atoms with Crippen LogP contribution in [0.15, 0.2) is 18.2 Å². The largest absolute Gasteiger partial charge is 0.377 e. The van der Waals surface area contributed by atoms with Gasteiger partial charge >= 0.3 is 0 Å². The van der Waals surface area contributed by atoms with Gasteiger partial charge in [0.15, 0.2) is 0 Å². The summed E-state index contributed by atoms with van der Waals surface area (Å²) in [4.78, 5) is 0. The smallest absolute Gasteiger partial charge is 0.127 e. The third-order valence-electron chi connectivity index (χ3n) is 3.79. The van der Waals surface area contributed by atoms with Crippen LogP contribution in [0.5, 0.6) is 0 Å². The predicted molar refractivity (Wildman–Crippen MR) is 80.7 cm³/mol. The van der Waals surface area contributed by atoms with Gasteiger partial charge in [0.25, 0.3) is 0 Å². The second-order valence-corrected chi connectivity index (χ2v) is 5.73. The first-order chi connectivity index (χ1) is 9.67. The standard InChI is InChI=1S/C16H23ClFNO/c1-3-19-15(16(20-4-2)11-8-9-11)10-12-13(17)6-5-7-14(12)18/h5-7,11,15-16,19H,3-4,8-10H2,1-2H3. The summed E-state index contributed by atoms with van der Waals surface area (Å²) < 4.78 is 19.9. The van der Waals surface area contributed by atoms with Gasteiger partial charge in [-0.2, -0.15) is 0 Å². The summed E-state index contributed by atoms with van der Waals surface area (Å²) in [6.07, 6.45) is 3.13. The monoisotopic (exact) mass is 299 g/mol. The number of hydrogen-bond acceptors (Lipinski definition) is 2. The minimum Gasteiger partial charge on any atom is -0.377 e. The van der Waals surface area contributed by atoms with Crippen LogP contribution in [0.3, 0.4) is 0 Å². The van der Waals surface area contributed by atoms with Gasteiger partial charge in [0.2, 0.25) is 0 Å². The molecule has 112 valence electrons. The van der Waals surface area contributed by atoms with Crippen molar-refractivity contribution < 1.29 is 9.13 Å². The molecule has 2 rings (SSSR count). The van der Waals surface area contributed by atoms with Crippen LogP contribution in [0.1, 0.15) is 32.3 Å². The number of ether oxygens (including phenoxy) is 1. The lowest BCUT2D eigenvalue weighted by Crippen LogP contribution is -2.44. The molecule has 1 aliphatic rings. The number of benzene rings is 1. The van der Waals surface area contributed by atoms with Crippen LogP contribution in [0.2, 0.25) is 5.02 Å². The Morgan fingerprint density at radius 3 is 2.70 bits per heavy atom. The summed E-state index contributed by atoms with van der Waals surface area (Å²) >= 11 is 6.14. The zero-order chi connectivity index (χ0) is 14.5. The van der Waals surface area contributed by atoms with Crippen LogP contribution in [-0.2, 0) is 11.2 Å². The van der Waals surface area contributed by atoms with Crippen LogP contribution in [0.4, 0.5) is 4.39 Å². The predicted octanol–water partition coefficient (Wildman–Crippen LogP) is 3.81. The van der Waals surface area contributed by atoms with Crippen molar-refractivity contribution in [1.29, 1.82) is 0 Å². The van der Waals surface area contributed by atoms with E-state index >= 15 is 0 Å². The minimum absolute atomic E-state index is 0.113. The molecular weight excluding hydrogens is 277 g/mol. The van der Waals surface area contributed by atoms with Gasteiger partial charge in [0.1, 0.15) is 5.82 Å². The van der Waals surface area contributed by atoms with Crippen LogP contribution in [0, 0.1) is 11.7 Å². The zero-order valence-corrected chi connectivity index (χ0v) is 12.9. The third kappa shape index (κ3) is 3.94. The first-order valence-electron chi connectivity index (χ1n) is 7.45. The number of rotatable bonds is 8. The highest BCUT2D eigenvalue weighted by atomic mass is 35.5. The second-order valence-electron chi connectivity index (χ2n) is 5.33. The maximum Gasteiger partial charge on any atom is 0.127 e. The quantitative estimate of drug-likeness (QED) is 0.788. The first-order valence-corrected chi connectivity index (χ1v) is 7.83. The summed E-state index contributed by atoms with van der Waals surface area (Å²) in [5.41, 5.74) is 0.588. The molecule has 0 saturated heterocycles. The molecule has 1 N–H and O–H groups in total. The topological polar surface area (TPSA) is 21.3 Å². The SMILES string of the molecule is CCNC(Cc1c(F)cccc1Cl)C(OCC)C1CC1. The van der Waals surface area contributed by atoms with Crippen molar-refractivity contribution in [2.24, 2.45) is 5.92 Å². The van der Waals surface area contributed by atoms with E-state index in [9.17, 15) is 4.39 Å². The molecule has 0 heterocycles. The van der Waals surface area contributed by atoms with E-state index in [2.05, 4.69) is 12.2 Å². The Bertz CT molecular complexity index is 416. The molecule has 0 radical (unpaired) electrons. The number of likely N-dealkylation sites (N-methyl/N-ethyl adjacent to an activating group) is 1. The fourth-order valence-electron chi connectivity index (χ4n) is 2.71. The highest BCUT2D eigenvalue weighted by molar-refractivity contribution is 6.31. The van der Waals surface area contributed by atoms with Gasteiger partial charge in [-0.3, -0.25) is 0 Å². The number of nitrogens with one attached hydrogen (secondary N) is 1. The summed E-state index contributed by atoms with van der Waals surface area (Å²) in [5.74, 6) is 0.371. The number of hydrogen-bond donors (Lipinski definition) is 1.